The Balaban J connectivity index is 2.52. The molecule has 17 heavy (non-hydrogen) atoms. The SMILES string of the molecule is C=CC/C(=C/c1ccccc1)CCCCCC. The second-order valence-electron chi connectivity index (χ2n) is 4.52. The molecule has 0 nitrogen and oxygen atoms in total. The van der Waals surface area contributed by atoms with E-state index in [1.165, 1.54) is 43.2 Å². The fourth-order valence-electron chi connectivity index (χ4n) is 1.98. The summed E-state index contributed by atoms with van der Waals surface area (Å²) in [5.74, 6) is 0. The molecule has 0 saturated carbocycles. The predicted molar refractivity (Wildman–Crippen MR) is 78.0 cm³/mol. The van der Waals surface area contributed by atoms with Crippen LogP contribution in [0.15, 0.2) is 48.6 Å². The largest absolute Gasteiger partial charge is 0.103 e. The zero-order valence-electron chi connectivity index (χ0n) is 11.0. The van der Waals surface area contributed by atoms with Crippen LogP contribution in [0.3, 0.4) is 0 Å². The summed E-state index contributed by atoms with van der Waals surface area (Å²) in [7, 11) is 0. The fraction of sp³-hybridized carbons (Fsp3) is 0.412. The lowest BCUT2D eigenvalue weighted by atomic mass is 10.0. The van der Waals surface area contributed by atoms with Gasteiger partial charge in [-0.1, -0.05) is 74.2 Å². The fourth-order valence-corrected chi connectivity index (χ4v) is 1.98. The maximum absolute atomic E-state index is 3.85. The lowest BCUT2D eigenvalue weighted by Gasteiger charge is -2.05. The third-order valence-electron chi connectivity index (χ3n) is 2.93. The van der Waals surface area contributed by atoms with E-state index in [-0.39, 0.29) is 0 Å². The number of hydrogen-bond acceptors (Lipinski definition) is 0. The van der Waals surface area contributed by atoms with Gasteiger partial charge < -0.3 is 0 Å². The van der Waals surface area contributed by atoms with E-state index in [2.05, 4.69) is 49.9 Å². The first-order valence-electron chi connectivity index (χ1n) is 6.72. The van der Waals surface area contributed by atoms with E-state index in [0.29, 0.717) is 0 Å². The van der Waals surface area contributed by atoms with Gasteiger partial charge in [-0.15, -0.1) is 6.58 Å². The van der Waals surface area contributed by atoms with Gasteiger partial charge in [0.2, 0.25) is 0 Å². The van der Waals surface area contributed by atoms with Crippen molar-refractivity contribution in [3.63, 3.8) is 0 Å². The molecule has 92 valence electrons. The van der Waals surface area contributed by atoms with Crippen molar-refractivity contribution in [2.75, 3.05) is 0 Å². The molecule has 1 aromatic carbocycles. The van der Waals surface area contributed by atoms with Gasteiger partial charge in [0.1, 0.15) is 0 Å². The normalized spacial score (nSPS) is 11.5. The Hall–Kier alpha value is -1.30. The minimum Gasteiger partial charge on any atom is -0.103 e. The molecular weight excluding hydrogens is 204 g/mol. The van der Waals surface area contributed by atoms with Gasteiger partial charge in [-0.25, -0.2) is 0 Å². The lowest BCUT2D eigenvalue weighted by molar-refractivity contribution is 0.662. The van der Waals surface area contributed by atoms with Crippen molar-refractivity contribution in [3.05, 3.63) is 54.1 Å². The van der Waals surface area contributed by atoms with Crippen LogP contribution in [0.25, 0.3) is 6.08 Å². The first kappa shape index (κ1) is 13.8. The minimum atomic E-state index is 1.01. The van der Waals surface area contributed by atoms with Crippen molar-refractivity contribution in [2.24, 2.45) is 0 Å². The predicted octanol–water partition coefficient (Wildman–Crippen LogP) is 5.62. The Bertz CT molecular complexity index is 332. The van der Waals surface area contributed by atoms with Crippen molar-refractivity contribution in [1.82, 2.24) is 0 Å². The molecule has 0 radical (unpaired) electrons. The van der Waals surface area contributed by atoms with Gasteiger partial charge in [0.05, 0.1) is 0 Å². The maximum Gasteiger partial charge on any atom is -0.0138 e. The summed E-state index contributed by atoms with van der Waals surface area (Å²) in [5.41, 5.74) is 2.81. The highest BCUT2D eigenvalue weighted by molar-refractivity contribution is 5.52. The van der Waals surface area contributed by atoms with E-state index < -0.39 is 0 Å². The monoisotopic (exact) mass is 228 g/mol. The highest BCUT2D eigenvalue weighted by atomic mass is 14.0. The summed E-state index contributed by atoms with van der Waals surface area (Å²) in [4.78, 5) is 0. The molecule has 0 saturated heterocycles. The number of benzene rings is 1. The third kappa shape index (κ3) is 6.11. The average Bonchev–Trinajstić information content (AvgIpc) is 2.36. The molecule has 0 aliphatic carbocycles. The van der Waals surface area contributed by atoms with Crippen molar-refractivity contribution in [3.8, 4) is 0 Å². The summed E-state index contributed by atoms with van der Waals surface area (Å²) in [6.45, 7) is 6.10. The molecule has 0 heterocycles. The van der Waals surface area contributed by atoms with Gasteiger partial charge in [0.25, 0.3) is 0 Å². The Kier molecular flexibility index (Phi) is 7.13. The molecule has 0 atom stereocenters. The summed E-state index contributed by atoms with van der Waals surface area (Å²) >= 11 is 0. The number of unbranched alkanes of at least 4 members (excludes halogenated alkanes) is 3. The van der Waals surface area contributed by atoms with Crippen LogP contribution < -0.4 is 0 Å². The molecule has 0 unspecified atom stereocenters. The molecule has 0 aromatic heterocycles. The van der Waals surface area contributed by atoms with Crippen molar-refractivity contribution in [2.45, 2.75) is 45.4 Å². The molecule has 0 amide bonds. The molecule has 1 rings (SSSR count). The van der Waals surface area contributed by atoms with Crippen LogP contribution in [0.1, 0.15) is 51.0 Å². The first-order valence-corrected chi connectivity index (χ1v) is 6.72. The van der Waals surface area contributed by atoms with Crippen molar-refractivity contribution < 1.29 is 0 Å². The van der Waals surface area contributed by atoms with Gasteiger partial charge >= 0.3 is 0 Å². The number of hydrogen-bond donors (Lipinski definition) is 0. The Labute approximate surface area is 106 Å². The molecule has 0 aliphatic heterocycles. The van der Waals surface area contributed by atoms with Gasteiger partial charge in [0, 0.05) is 0 Å². The topological polar surface area (TPSA) is 0 Å². The smallest absolute Gasteiger partial charge is 0.0138 e. The van der Waals surface area contributed by atoms with Crippen LogP contribution in [-0.4, -0.2) is 0 Å². The summed E-state index contributed by atoms with van der Waals surface area (Å²) in [5, 5.41) is 0. The van der Waals surface area contributed by atoms with E-state index in [1.807, 2.05) is 6.08 Å². The Morgan fingerprint density at radius 1 is 1.12 bits per heavy atom. The average molecular weight is 228 g/mol. The lowest BCUT2D eigenvalue weighted by Crippen LogP contribution is -1.84. The molecule has 0 heteroatoms. The Morgan fingerprint density at radius 2 is 1.88 bits per heavy atom. The summed E-state index contributed by atoms with van der Waals surface area (Å²) in [6, 6.07) is 10.6. The van der Waals surface area contributed by atoms with Crippen molar-refractivity contribution in [1.29, 1.82) is 0 Å². The van der Waals surface area contributed by atoms with Crippen LogP contribution in [0.5, 0.6) is 0 Å². The van der Waals surface area contributed by atoms with Gasteiger partial charge in [-0.2, -0.15) is 0 Å². The quantitative estimate of drug-likeness (QED) is 0.400. The first-order chi connectivity index (χ1) is 8.36. The number of rotatable bonds is 8. The molecular formula is C17H24. The van der Waals surface area contributed by atoms with Gasteiger partial charge in [-0.05, 0) is 24.8 Å². The van der Waals surface area contributed by atoms with Crippen LogP contribution in [-0.2, 0) is 0 Å². The van der Waals surface area contributed by atoms with Gasteiger partial charge in [-0.3, -0.25) is 0 Å². The highest BCUT2D eigenvalue weighted by Gasteiger charge is 1.96. The second-order valence-corrected chi connectivity index (χ2v) is 4.52. The van der Waals surface area contributed by atoms with Crippen LogP contribution in [0, 0.1) is 0 Å². The molecule has 0 fully saturated rings. The molecule has 0 aliphatic rings. The molecule has 0 N–H and O–H groups in total. The van der Waals surface area contributed by atoms with E-state index in [9.17, 15) is 0 Å². The van der Waals surface area contributed by atoms with E-state index in [0.717, 1.165) is 6.42 Å². The highest BCUT2D eigenvalue weighted by Crippen LogP contribution is 2.17. The van der Waals surface area contributed by atoms with E-state index in [1.54, 1.807) is 0 Å². The van der Waals surface area contributed by atoms with Crippen LogP contribution in [0.2, 0.25) is 0 Å². The zero-order chi connectivity index (χ0) is 12.3. The third-order valence-corrected chi connectivity index (χ3v) is 2.93. The molecule has 1 aromatic rings. The zero-order valence-corrected chi connectivity index (χ0v) is 11.0. The standard InChI is InChI=1S/C17H24/c1-3-5-6-8-12-16(11-4-2)15-17-13-9-7-10-14-17/h4,7,9-10,13-15H,2-3,5-6,8,11-12H2,1H3/b16-15-. The van der Waals surface area contributed by atoms with E-state index >= 15 is 0 Å². The second kappa shape index (κ2) is 8.81. The minimum absolute atomic E-state index is 1.01. The molecule has 0 bridgehead atoms. The van der Waals surface area contributed by atoms with Gasteiger partial charge in [0.15, 0.2) is 0 Å². The van der Waals surface area contributed by atoms with Crippen molar-refractivity contribution >= 4 is 6.08 Å². The summed E-state index contributed by atoms with van der Waals surface area (Å²) < 4.78 is 0. The Morgan fingerprint density at radius 3 is 2.53 bits per heavy atom. The van der Waals surface area contributed by atoms with Crippen LogP contribution >= 0.6 is 0 Å². The number of allylic oxidation sites excluding steroid dienone is 2. The van der Waals surface area contributed by atoms with Crippen LogP contribution in [0.4, 0.5) is 0 Å². The van der Waals surface area contributed by atoms with E-state index in [4.69, 9.17) is 0 Å². The summed E-state index contributed by atoms with van der Waals surface area (Å²) in [6.07, 6.45) is 11.9. The molecule has 0 spiro atoms. The maximum atomic E-state index is 3.85.